The number of hydrogen-bond donors (Lipinski definition) is 2. The van der Waals surface area contributed by atoms with Gasteiger partial charge in [-0.3, -0.25) is 15.1 Å². The molecule has 1 aliphatic rings. The Hall–Kier alpha value is -1.64. The van der Waals surface area contributed by atoms with Crippen molar-refractivity contribution in [3.63, 3.8) is 0 Å². The summed E-state index contributed by atoms with van der Waals surface area (Å²) in [5.74, 6) is 5.79. The van der Waals surface area contributed by atoms with E-state index in [0.717, 1.165) is 0 Å². The van der Waals surface area contributed by atoms with E-state index in [1.54, 1.807) is 24.3 Å². The maximum atomic E-state index is 11.3. The second kappa shape index (κ2) is 6.88. The topological polar surface area (TPSA) is 102 Å². The van der Waals surface area contributed by atoms with Crippen molar-refractivity contribution >= 4 is 15.7 Å². The van der Waals surface area contributed by atoms with Crippen LogP contribution in [0.1, 0.15) is 10.4 Å². The highest BCUT2D eigenvalue weighted by Crippen LogP contribution is 2.12. The van der Waals surface area contributed by atoms with Crippen LogP contribution in [-0.2, 0) is 9.84 Å². The molecule has 0 bridgehead atoms. The SMILES string of the molecule is NNC(=O)c1ccc(OCCN2CCS(=O)(=O)CC2)cc1. The summed E-state index contributed by atoms with van der Waals surface area (Å²) in [5.41, 5.74) is 2.52. The van der Waals surface area contributed by atoms with Crippen molar-refractivity contribution in [1.29, 1.82) is 0 Å². The minimum absolute atomic E-state index is 0.218. The maximum absolute atomic E-state index is 11.3. The smallest absolute Gasteiger partial charge is 0.265 e. The Kier molecular flexibility index (Phi) is 5.16. The van der Waals surface area contributed by atoms with Crippen molar-refractivity contribution < 1.29 is 17.9 Å². The van der Waals surface area contributed by atoms with E-state index in [1.165, 1.54) is 0 Å². The van der Waals surface area contributed by atoms with Crippen LogP contribution in [0.2, 0.25) is 0 Å². The van der Waals surface area contributed by atoms with Crippen LogP contribution in [0.3, 0.4) is 0 Å². The third kappa shape index (κ3) is 4.69. The van der Waals surface area contributed by atoms with Crippen LogP contribution in [0.15, 0.2) is 24.3 Å². The van der Waals surface area contributed by atoms with Gasteiger partial charge in [-0.25, -0.2) is 14.3 Å². The Labute approximate surface area is 124 Å². The van der Waals surface area contributed by atoms with Gasteiger partial charge in [-0.05, 0) is 24.3 Å². The zero-order valence-corrected chi connectivity index (χ0v) is 12.4. The van der Waals surface area contributed by atoms with Crippen LogP contribution in [0.5, 0.6) is 5.75 Å². The normalized spacial score (nSPS) is 18.1. The van der Waals surface area contributed by atoms with Crippen molar-refractivity contribution in [1.82, 2.24) is 10.3 Å². The first-order valence-corrected chi connectivity index (χ1v) is 8.49. The number of nitrogens with zero attached hydrogens (tertiary/aromatic N) is 1. The van der Waals surface area contributed by atoms with Gasteiger partial charge in [0.2, 0.25) is 0 Å². The lowest BCUT2D eigenvalue weighted by Crippen LogP contribution is -2.42. The van der Waals surface area contributed by atoms with E-state index < -0.39 is 9.84 Å². The molecule has 0 spiro atoms. The molecule has 0 aromatic heterocycles. The molecule has 8 heteroatoms. The molecule has 0 atom stereocenters. The minimum atomic E-state index is -2.84. The number of amides is 1. The third-order valence-corrected chi connectivity index (χ3v) is 4.97. The fourth-order valence-corrected chi connectivity index (χ4v) is 3.33. The summed E-state index contributed by atoms with van der Waals surface area (Å²) in [6, 6.07) is 6.66. The number of ether oxygens (including phenoxy) is 1. The standard InChI is InChI=1S/C13H19N3O4S/c14-15-13(17)11-1-3-12(4-2-11)20-8-5-16-6-9-21(18,19)10-7-16/h1-4H,5-10,14H2,(H,15,17). The van der Waals surface area contributed by atoms with Crippen LogP contribution < -0.4 is 16.0 Å². The molecule has 0 unspecified atom stereocenters. The molecule has 2 rings (SSSR count). The lowest BCUT2D eigenvalue weighted by Gasteiger charge is -2.26. The number of nitrogens with two attached hydrogens (primary N) is 1. The highest BCUT2D eigenvalue weighted by molar-refractivity contribution is 7.91. The fourth-order valence-electron chi connectivity index (χ4n) is 2.05. The Morgan fingerprint density at radius 1 is 1.24 bits per heavy atom. The molecule has 1 aliphatic heterocycles. The molecule has 1 heterocycles. The van der Waals surface area contributed by atoms with Gasteiger partial charge in [-0.1, -0.05) is 0 Å². The molecule has 21 heavy (non-hydrogen) atoms. The number of carbonyl (C=O) groups excluding carboxylic acids is 1. The second-order valence-corrected chi connectivity index (χ2v) is 7.14. The Balaban J connectivity index is 1.75. The number of rotatable bonds is 5. The average Bonchev–Trinajstić information content (AvgIpc) is 2.49. The van der Waals surface area contributed by atoms with Crippen LogP contribution in [0.25, 0.3) is 0 Å². The van der Waals surface area contributed by atoms with Gasteiger partial charge in [0.1, 0.15) is 12.4 Å². The molecule has 7 nitrogen and oxygen atoms in total. The first kappa shape index (κ1) is 15.7. The Morgan fingerprint density at radius 2 is 1.86 bits per heavy atom. The van der Waals surface area contributed by atoms with Gasteiger partial charge >= 0.3 is 0 Å². The van der Waals surface area contributed by atoms with Crippen molar-refractivity contribution in [3.8, 4) is 5.75 Å². The van der Waals surface area contributed by atoms with Crippen molar-refractivity contribution in [3.05, 3.63) is 29.8 Å². The van der Waals surface area contributed by atoms with Gasteiger partial charge in [0.15, 0.2) is 9.84 Å². The minimum Gasteiger partial charge on any atom is -0.492 e. The molecule has 1 fully saturated rings. The van der Waals surface area contributed by atoms with Gasteiger partial charge in [-0.2, -0.15) is 0 Å². The molecular weight excluding hydrogens is 294 g/mol. The summed E-state index contributed by atoms with van der Waals surface area (Å²) in [6.07, 6.45) is 0. The predicted octanol–water partition coefficient (Wildman–Crippen LogP) is -0.601. The van der Waals surface area contributed by atoms with Crippen molar-refractivity contribution in [2.45, 2.75) is 0 Å². The lowest BCUT2D eigenvalue weighted by molar-refractivity contribution is 0.0953. The van der Waals surface area contributed by atoms with Gasteiger partial charge in [0, 0.05) is 25.2 Å². The van der Waals surface area contributed by atoms with E-state index in [0.29, 0.717) is 37.6 Å². The number of nitrogen functional groups attached to an aromatic ring is 1. The Morgan fingerprint density at radius 3 is 2.43 bits per heavy atom. The first-order chi connectivity index (χ1) is 10.00. The summed E-state index contributed by atoms with van der Waals surface area (Å²) in [6.45, 7) is 2.27. The summed E-state index contributed by atoms with van der Waals surface area (Å²) >= 11 is 0. The summed E-state index contributed by atoms with van der Waals surface area (Å²) in [5, 5.41) is 0. The zero-order chi connectivity index (χ0) is 15.3. The van der Waals surface area contributed by atoms with Gasteiger partial charge < -0.3 is 4.74 Å². The molecule has 0 saturated carbocycles. The van der Waals surface area contributed by atoms with E-state index in [2.05, 4.69) is 10.3 Å². The number of sulfone groups is 1. The fraction of sp³-hybridized carbons (Fsp3) is 0.462. The number of benzene rings is 1. The first-order valence-electron chi connectivity index (χ1n) is 6.67. The lowest BCUT2D eigenvalue weighted by atomic mass is 10.2. The van der Waals surface area contributed by atoms with E-state index in [4.69, 9.17) is 10.6 Å². The molecule has 1 saturated heterocycles. The molecule has 0 radical (unpaired) electrons. The maximum Gasteiger partial charge on any atom is 0.265 e. The predicted molar refractivity (Wildman–Crippen MR) is 78.7 cm³/mol. The number of hydrogen-bond acceptors (Lipinski definition) is 6. The molecule has 1 aromatic rings. The molecular formula is C13H19N3O4S. The van der Waals surface area contributed by atoms with Crippen LogP contribution in [0.4, 0.5) is 0 Å². The monoisotopic (exact) mass is 313 g/mol. The van der Waals surface area contributed by atoms with E-state index in [1.807, 2.05) is 0 Å². The van der Waals surface area contributed by atoms with Gasteiger partial charge in [0.25, 0.3) is 5.91 Å². The summed E-state index contributed by atoms with van der Waals surface area (Å²) in [4.78, 5) is 13.3. The number of nitrogens with one attached hydrogen (secondary N) is 1. The molecule has 3 N–H and O–H groups in total. The molecule has 1 amide bonds. The van der Waals surface area contributed by atoms with Crippen LogP contribution in [-0.4, -0.2) is 57.0 Å². The van der Waals surface area contributed by atoms with Crippen molar-refractivity contribution in [2.75, 3.05) is 37.7 Å². The van der Waals surface area contributed by atoms with E-state index in [9.17, 15) is 13.2 Å². The largest absolute Gasteiger partial charge is 0.492 e. The molecule has 116 valence electrons. The number of hydrazine groups is 1. The second-order valence-electron chi connectivity index (χ2n) is 4.84. The molecule has 0 aliphatic carbocycles. The van der Waals surface area contributed by atoms with Crippen molar-refractivity contribution in [2.24, 2.45) is 5.84 Å². The Bertz CT molecular complexity index is 572. The van der Waals surface area contributed by atoms with E-state index in [-0.39, 0.29) is 17.4 Å². The highest BCUT2D eigenvalue weighted by Gasteiger charge is 2.21. The number of carbonyl (C=O) groups is 1. The highest BCUT2D eigenvalue weighted by atomic mass is 32.2. The summed E-state index contributed by atoms with van der Waals surface area (Å²) in [7, 11) is -2.84. The van der Waals surface area contributed by atoms with Crippen LogP contribution in [0, 0.1) is 0 Å². The molecule has 1 aromatic carbocycles. The average molecular weight is 313 g/mol. The van der Waals surface area contributed by atoms with Crippen LogP contribution >= 0.6 is 0 Å². The van der Waals surface area contributed by atoms with Gasteiger partial charge in [0.05, 0.1) is 11.5 Å². The van der Waals surface area contributed by atoms with E-state index >= 15 is 0 Å². The van der Waals surface area contributed by atoms with Gasteiger partial charge in [-0.15, -0.1) is 0 Å². The quantitative estimate of drug-likeness (QED) is 0.427. The summed E-state index contributed by atoms with van der Waals surface area (Å²) < 4.78 is 28.2. The third-order valence-electron chi connectivity index (χ3n) is 3.36. The zero-order valence-electron chi connectivity index (χ0n) is 11.6.